The zero-order valence-corrected chi connectivity index (χ0v) is 13.2. The second-order valence-electron chi connectivity index (χ2n) is 6.08. The molecule has 0 radical (unpaired) electrons. The first-order valence-corrected chi connectivity index (χ1v) is 7.91. The molecule has 0 fully saturated rings. The van der Waals surface area contributed by atoms with E-state index in [1.54, 1.807) is 6.07 Å². The van der Waals surface area contributed by atoms with Crippen LogP contribution in [0.2, 0.25) is 0 Å². The maximum Gasteiger partial charge on any atom is 0.115 e. The number of likely N-dealkylation sites (N-methyl/N-ethyl adjacent to an activating group) is 1. The number of nitrogens with zero attached hydrogens (tertiary/aromatic N) is 1. The second kappa shape index (κ2) is 5.88. The molecule has 1 N–H and O–H groups in total. The Kier molecular flexibility index (Phi) is 3.93. The summed E-state index contributed by atoms with van der Waals surface area (Å²) in [7, 11) is 2.12. The highest BCUT2D eigenvalue weighted by Gasteiger charge is 2.44. The quantitative estimate of drug-likeness (QED) is 0.904. The van der Waals surface area contributed by atoms with Gasteiger partial charge in [-0.3, -0.25) is 0 Å². The Bertz CT molecular complexity index is 655. The molecule has 0 aromatic heterocycles. The first kappa shape index (κ1) is 14.7. The van der Waals surface area contributed by atoms with E-state index in [1.807, 2.05) is 12.1 Å². The van der Waals surface area contributed by atoms with Gasteiger partial charge < -0.3 is 10.0 Å². The molecule has 1 aromatic carbocycles. The van der Waals surface area contributed by atoms with Crippen molar-refractivity contribution in [2.75, 3.05) is 7.05 Å². The van der Waals surface area contributed by atoms with Crippen molar-refractivity contribution in [1.82, 2.24) is 4.90 Å². The smallest absolute Gasteiger partial charge is 0.115 e. The summed E-state index contributed by atoms with van der Waals surface area (Å²) >= 11 is 0. The zero-order valence-electron chi connectivity index (χ0n) is 13.2. The molecule has 1 aromatic rings. The Labute approximate surface area is 132 Å². The fraction of sp³-hybridized carbons (Fsp3) is 0.300. The summed E-state index contributed by atoms with van der Waals surface area (Å²) < 4.78 is 0. The van der Waals surface area contributed by atoms with Gasteiger partial charge >= 0.3 is 0 Å². The van der Waals surface area contributed by atoms with E-state index in [0.717, 1.165) is 12.0 Å². The van der Waals surface area contributed by atoms with E-state index in [-0.39, 0.29) is 11.5 Å². The monoisotopic (exact) mass is 293 g/mol. The maximum absolute atomic E-state index is 9.99. The molecular formula is C20H23NO. The average molecular weight is 293 g/mol. The molecule has 0 saturated heterocycles. The van der Waals surface area contributed by atoms with E-state index in [1.165, 1.54) is 0 Å². The highest BCUT2D eigenvalue weighted by Crippen LogP contribution is 2.45. The molecule has 2 nitrogen and oxygen atoms in total. The third-order valence-corrected chi connectivity index (χ3v) is 4.88. The molecule has 1 heterocycles. The molecule has 1 aliphatic heterocycles. The van der Waals surface area contributed by atoms with Crippen LogP contribution >= 0.6 is 0 Å². The summed E-state index contributed by atoms with van der Waals surface area (Å²) in [4.78, 5) is 2.26. The Balaban J connectivity index is 2.18. The van der Waals surface area contributed by atoms with Crippen LogP contribution in [-0.2, 0) is 5.41 Å². The van der Waals surface area contributed by atoms with Crippen LogP contribution in [0.25, 0.3) is 0 Å². The molecule has 3 atom stereocenters. The largest absolute Gasteiger partial charge is 0.508 e. The minimum absolute atomic E-state index is 0.168. The van der Waals surface area contributed by atoms with E-state index in [2.05, 4.69) is 73.7 Å². The van der Waals surface area contributed by atoms with Crippen LogP contribution in [0.5, 0.6) is 5.75 Å². The van der Waals surface area contributed by atoms with Crippen LogP contribution in [0.15, 0.2) is 73.0 Å². The molecule has 114 valence electrons. The summed E-state index contributed by atoms with van der Waals surface area (Å²) in [6, 6.07) is 7.94. The normalized spacial score (nSPS) is 30.0. The van der Waals surface area contributed by atoms with Gasteiger partial charge in [0.15, 0.2) is 0 Å². The Morgan fingerprint density at radius 1 is 1.14 bits per heavy atom. The number of rotatable bonds is 3. The van der Waals surface area contributed by atoms with E-state index >= 15 is 0 Å². The van der Waals surface area contributed by atoms with Gasteiger partial charge in [-0.1, -0.05) is 55.5 Å². The van der Waals surface area contributed by atoms with Crippen molar-refractivity contribution in [2.45, 2.75) is 24.8 Å². The summed E-state index contributed by atoms with van der Waals surface area (Å²) in [6.45, 7) is 2.23. The predicted molar refractivity (Wildman–Crippen MR) is 91.7 cm³/mol. The molecule has 3 unspecified atom stereocenters. The van der Waals surface area contributed by atoms with Crippen LogP contribution in [0.3, 0.4) is 0 Å². The van der Waals surface area contributed by atoms with Crippen molar-refractivity contribution in [3.8, 4) is 5.75 Å². The van der Waals surface area contributed by atoms with E-state index in [0.29, 0.717) is 11.7 Å². The lowest BCUT2D eigenvalue weighted by Crippen LogP contribution is -2.50. The number of hydrogen-bond donors (Lipinski definition) is 1. The lowest BCUT2D eigenvalue weighted by Gasteiger charge is -2.48. The molecule has 0 amide bonds. The predicted octanol–water partition coefficient (Wildman–Crippen LogP) is 4.17. The molecule has 0 spiro atoms. The van der Waals surface area contributed by atoms with Crippen molar-refractivity contribution in [3.05, 3.63) is 78.6 Å². The number of allylic oxidation sites excluding steroid dienone is 5. The minimum atomic E-state index is -0.168. The van der Waals surface area contributed by atoms with Crippen molar-refractivity contribution < 1.29 is 5.11 Å². The molecule has 1 aliphatic carbocycles. The highest BCUT2D eigenvalue weighted by molar-refractivity contribution is 5.45. The number of aromatic hydroxyl groups is 1. The van der Waals surface area contributed by atoms with E-state index in [4.69, 9.17) is 0 Å². The van der Waals surface area contributed by atoms with E-state index in [9.17, 15) is 5.11 Å². The second-order valence-corrected chi connectivity index (χ2v) is 6.08. The van der Waals surface area contributed by atoms with Crippen LogP contribution in [-0.4, -0.2) is 23.1 Å². The minimum Gasteiger partial charge on any atom is -0.508 e. The van der Waals surface area contributed by atoms with E-state index < -0.39 is 0 Å². The van der Waals surface area contributed by atoms with Gasteiger partial charge in [-0.2, -0.15) is 0 Å². The van der Waals surface area contributed by atoms with Crippen molar-refractivity contribution in [1.29, 1.82) is 0 Å². The molecule has 2 aliphatic rings. The van der Waals surface area contributed by atoms with Crippen LogP contribution < -0.4 is 0 Å². The fourth-order valence-corrected chi connectivity index (χ4v) is 3.82. The van der Waals surface area contributed by atoms with Crippen molar-refractivity contribution in [2.24, 2.45) is 5.92 Å². The third-order valence-electron chi connectivity index (χ3n) is 4.88. The third kappa shape index (κ3) is 2.29. The Morgan fingerprint density at radius 3 is 2.68 bits per heavy atom. The lowest BCUT2D eigenvalue weighted by atomic mass is 9.62. The molecule has 22 heavy (non-hydrogen) atoms. The van der Waals surface area contributed by atoms with Crippen LogP contribution in [0.4, 0.5) is 0 Å². The first-order valence-electron chi connectivity index (χ1n) is 7.91. The van der Waals surface area contributed by atoms with Gasteiger partial charge in [-0.25, -0.2) is 0 Å². The van der Waals surface area contributed by atoms with Crippen LogP contribution in [0.1, 0.15) is 18.9 Å². The van der Waals surface area contributed by atoms with Gasteiger partial charge in [0.05, 0.1) is 6.04 Å². The van der Waals surface area contributed by atoms with Crippen molar-refractivity contribution >= 4 is 0 Å². The fourth-order valence-electron chi connectivity index (χ4n) is 3.82. The standard InChI is InChI=1S/C20H23NO/c1-3-16-9-4-6-13-20(16,17-10-8-11-18(22)15-17)19-12-5-7-14-21(19)2/h4-16,19,22H,3H2,1-2H3. The van der Waals surface area contributed by atoms with Gasteiger partial charge in [-0.05, 0) is 42.3 Å². The van der Waals surface area contributed by atoms with Gasteiger partial charge in [0.25, 0.3) is 0 Å². The molecule has 3 rings (SSSR count). The van der Waals surface area contributed by atoms with Gasteiger partial charge in [0.2, 0.25) is 0 Å². The van der Waals surface area contributed by atoms with Gasteiger partial charge in [0, 0.05) is 12.5 Å². The molecule has 2 heteroatoms. The van der Waals surface area contributed by atoms with Gasteiger partial charge in [0.1, 0.15) is 5.75 Å². The topological polar surface area (TPSA) is 23.5 Å². The Hall–Kier alpha value is -2.22. The summed E-state index contributed by atoms with van der Waals surface area (Å²) in [5.41, 5.74) is 0.995. The highest BCUT2D eigenvalue weighted by atomic mass is 16.3. The van der Waals surface area contributed by atoms with Crippen LogP contribution in [0, 0.1) is 5.92 Å². The zero-order chi connectivity index (χ0) is 15.6. The Morgan fingerprint density at radius 2 is 1.95 bits per heavy atom. The molecule has 0 bridgehead atoms. The van der Waals surface area contributed by atoms with Crippen molar-refractivity contribution in [3.63, 3.8) is 0 Å². The maximum atomic E-state index is 9.99. The first-order chi connectivity index (χ1) is 10.7. The summed E-state index contributed by atoms with van der Waals surface area (Å²) in [5, 5.41) is 9.99. The molecular weight excluding hydrogens is 270 g/mol. The van der Waals surface area contributed by atoms with Gasteiger partial charge in [-0.15, -0.1) is 0 Å². The number of phenols is 1. The molecule has 0 saturated carbocycles. The summed E-state index contributed by atoms with van der Waals surface area (Å²) in [6.07, 6.45) is 18.5. The summed E-state index contributed by atoms with van der Waals surface area (Å²) in [5.74, 6) is 0.718. The lowest BCUT2D eigenvalue weighted by molar-refractivity contribution is 0.222. The average Bonchev–Trinajstić information content (AvgIpc) is 2.55. The number of hydrogen-bond acceptors (Lipinski definition) is 2. The SMILES string of the molecule is CCC1C=CC=CC1(c1cccc(O)c1)C1C=CC=CN1C. The number of phenolic OH excluding ortho intramolecular Hbond substituents is 1. The number of benzene rings is 1.